The van der Waals surface area contributed by atoms with Crippen LogP contribution in [0.3, 0.4) is 0 Å². The zero-order chi connectivity index (χ0) is 14.7. The number of carbonyl (C=O) groups excluding carboxylic acids is 1. The minimum Gasteiger partial charge on any atom is -0.466 e. The van der Waals surface area contributed by atoms with E-state index >= 15 is 0 Å². The Bertz CT molecular complexity index is 596. The molecule has 1 N–H and O–H groups in total. The normalized spacial score (nSPS) is 12.2. The molecule has 106 valence electrons. The zero-order valence-corrected chi connectivity index (χ0v) is 12.5. The molecule has 2 rings (SSSR count). The number of rotatable bonds is 4. The highest BCUT2D eigenvalue weighted by Gasteiger charge is 2.17. The minimum absolute atomic E-state index is 0.0257. The third-order valence-corrected chi connectivity index (χ3v) is 3.48. The SMILES string of the molecule is CC[C@H](NC(=O)c1cc(C)oc1C)c1ccc(C)cc1. The molecule has 1 aromatic heterocycles. The van der Waals surface area contributed by atoms with Crippen LogP contribution in [0.15, 0.2) is 34.7 Å². The number of aryl methyl sites for hydroxylation is 3. The Hall–Kier alpha value is -2.03. The third kappa shape index (κ3) is 3.10. The van der Waals surface area contributed by atoms with Crippen LogP contribution in [0.5, 0.6) is 0 Å². The number of carbonyl (C=O) groups is 1. The lowest BCUT2D eigenvalue weighted by molar-refractivity contribution is 0.0934. The molecule has 0 radical (unpaired) electrons. The summed E-state index contributed by atoms with van der Waals surface area (Å²) in [7, 11) is 0. The second-order valence-corrected chi connectivity index (χ2v) is 5.17. The highest BCUT2D eigenvalue weighted by atomic mass is 16.3. The summed E-state index contributed by atoms with van der Waals surface area (Å²) in [4.78, 5) is 12.3. The van der Waals surface area contributed by atoms with Crippen LogP contribution in [-0.4, -0.2) is 5.91 Å². The standard InChI is InChI=1S/C17H21NO2/c1-5-16(14-8-6-11(2)7-9-14)18-17(19)15-10-12(3)20-13(15)4/h6-10,16H,5H2,1-4H3,(H,18,19)/t16-/m0/s1. The lowest BCUT2D eigenvalue weighted by Crippen LogP contribution is -2.28. The number of benzene rings is 1. The summed E-state index contributed by atoms with van der Waals surface area (Å²) in [5.74, 6) is 1.35. The van der Waals surface area contributed by atoms with E-state index in [2.05, 4.69) is 43.4 Å². The average molecular weight is 271 g/mol. The number of hydrogen-bond donors (Lipinski definition) is 1. The lowest BCUT2D eigenvalue weighted by Gasteiger charge is -2.17. The molecular formula is C17H21NO2. The summed E-state index contributed by atoms with van der Waals surface area (Å²) in [6.07, 6.45) is 0.852. The van der Waals surface area contributed by atoms with Crippen molar-refractivity contribution in [1.82, 2.24) is 5.32 Å². The van der Waals surface area contributed by atoms with Crippen molar-refractivity contribution in [3.8, 4) is 0 Å². The molecule has 0 spiro atoms. The Kier molecular flexibility index (Phi) is 4.28. The van der Waals surface area contributed by atoms with Crippen molar-refractivity contribution in [2.75, 3.05) is 0 Å². The zero-order valence-electron chi connectivity index (χ0n) is 12.5. The molecule has 0 saturated carbocycles. The molecule has 3 nitrogen and oxygen atoms in total. The predicted molar refractivity (Wildman–Crippen MR) is 79.9 cm³/mol. The molecule has 0 aliphatic carbocycles. The van der Waals surface area contributed by atoms with E-state index in [9.17, 15) is 4.79 Å². The van der Waals surface area contributed by atoms with Crippen LogP contribution in [0.1, 0.15) is 52.4 Å². The first-order valence-corrected chi connectivity index (χ1v) is 6.95. The van der Waals surface area contributed by atoms with Crippen LogP contribution in [-0.2, 0) is 0 Å². The van der Waals surface area contributed by atoms with Crippen LogP contribution in [0, 0.1) is 20.8 Å². The molecule has 0 aliphatic heterocycles. The minimum atomic E-state index is -0.0771. The van der Waals surface area contributed by atoms with E-state index in [0.29, 0.717) is 11.3 Å². The van der Waals surface area contributed by atoms with Crippen molar-refractivity contribution in [3.05, 3.63) is 58.5 Å². The highest BCUT2D eigenvalue weighted by Crippen LogP contribution is 2.20. The third-order valence-electron chi connectivity index (χ3n) is 3.48. The summed E-state index contributed by atoms with van der Waals surface area (Å²) < 4.78 is 5.41. The fourth-order valence-electron chi connectivity index (χ4n) is 2.31. The van der Waals surface area contributed by atoms with Gasteiger partial charge in [-0.05, 0) is 38.8 Å². The molecule has 2 aromatic rings. The smallest absolute Gasteiger partial charge is 0.255 e. The molecule has 1 atom stereocenters. The number of furan rings is 1. The summed E-state index contributed by atoms with van der Waals surface area (Å²) in [5, 5.41) is 3.07. The van der Waals surface area contributed by atoms with Gasteiger partial charge < -0.3 is 9.73 Å². The van der Waals surface area contributed by atoms with Gasteiger partial charge in [0, 0.05) is 0 Å². The highest BCUT2D eigenvalue weighted by molar-refractivity contribution is 5.95. The van der Waals surface area contributed by atoms with E-state index < -0.39 is 0 Å². The largest absolute Gasteiger partial charge is 0.466 e. The number of amides is 1. The molecule has 1 amide bonds. The van der Waals surface area contributed by atoms with Crippen LogP contribution >= 0.6 is 0 Å². The maximum absolute atomic E-state index is 12.3. The van der Waals surface area contributed by atoms with Gasteiger partial charge in [-0.1, -0.05) is 36.8 Å². The van der Waals surface area contributed by atoms with Gasteiger partial charge in [-0.2, -0.15) is 0 Å². The second kappa shape index (κ2) is 5.95. The molecule has 0 fully saturated rings. The van der Waals surface area contributed by atoms with Crippen LogP contribution in [0.4, 0.5) is 0 Å². The van der Waals surface area contributed by atoms with Gasteiger partial charge in [-0.15, -0.1) is 0 Å². The molecule has 0 aliphatic rings. The monoisotopic (exact) mass is 271 g/mol. The number of hydrogen-bond acceptors (Lipinski definition) is 2. The molecule has 0 saturated heterocycles. The Morgan fingerprint density at radius 3 is 2.35 bits per heavy atom. The van der Waals surface area contributed by atoms with E-state index in [-0.39, 0.29) is 11.9 Å². The van der Waals surface area contributed by atoms with Gasteiger partial charge in [0.1, 0.15) is 11.5 Å². The van der Waals surface area contributed by atoms with Crippen molar-refractivity contribution in [2.45, 2.75) is 40.2 Å². The first-order chi connectivity index (χ1) is 9.51. The van der Waals surface area contributed by atoms with Crippen molar-refractivity contribution >= 4 is 5.91 Å². The van der Waals surface area contributed by atoms with Crippen LogP contribution in [0.2, 0.25) is 0 Å². The van der Waals surface area contributed by atoms with E-state index in [1.54, 1.807) is 6.07 Å². The fraction of sp³-hybridized carbons (Fsp3) is 0.353. The second-order valence-electron chi connectivity index (χ2n) is 5.17. The molecule has 3 heteroatoms. The predicted octanol–water partition coefficient (Wildman–Crippen LogP) is 4.09. The first-order valence-electron chi connectivity index (χ1n) is 6.95. The molecule has 1 heterocycles. The Morgan fingerprint density at radius 1 is 1.20 bits per heavy atom. The summed E-state index contributed by atoms with van der Waals surface area (Å²) in [5.41, 5.74) is 2.97. The van der Waals surface area contributed by atoms with E-state index in [1.807, 2.05) is 13.8 Å². The van der Waals surface area contributed by atoms with Gasteiger partial charge in [-0.3, -0.25) is 4.79 Å². The quantitative estimate of drug-likeness (QED) is 0.910. The Labute approximate surface area is 120 Å². The molecule has 20 heavy (non-hydrogen) atoms. The topological polar surface area (TPSA) is 42.2 Å². The molecule has 0 unspecified atom stereocenters. The van der Waals surface area contributed by atoms with E-state index in [1.165, 1.54) is 5.56 Å². The average Bonchev–Trinajstić information content (AvgIpc) is 2.76. The van der Waals surface area contributed by atoms with Gasteiger partial charge in [0.15, 0.2) is 0 Å². The molecule has 1 aromatic carbocycles. The van der Waals surface area contributed by atoms with Gasteiger partial charge in [-0.25, -0.2) is 0 Å². The van der Waals surface area contributed by atoms with Gasteiger partial charge in [0.25, 0.3) is 5.91 Å². The maximum Gasteiger partial charge on any atom is 0.255 e. The van der Waals surface area contributed by atoms with Gasteiger partial charge in [0.05, 0.1) is 11.6 Å². The van der Waals surface area contributed by atoms with Crippen LogP contribution < -0.4 is 5.32 Å². The summed E-state index contributed by atoms with van der Waals surface area (Å²) >= 11 is 0. The van der Waals surface area contributed by atoms with E-state index in [4.69, 9.17) is 4.42 Å². The number of nitrogens with one attached hydrogen (secondary N) is 1. The van der Waals surface area contributed by atoms with Gasteiger partial charge in [0.2, 0.25) is 0 Å². The summed E-state index contributed by atoms with van der Waals surface area (Å²) in [6, 6.07) is 10.1. The fourth-order valence-corrected chi connectivity index (χ4v) is 2.31. The van der Waals surface area contributed by atoms with E-state index in [0.717, 1.165) is 17.7 Å². The Balaban J connectivity index is 2.16. The first kappa shape index (κ1) is 14.4. The molecular weight excluding hydrogens is 250 g/mol. The maximum atomic E-state index is 12.3. The summed E-state index contributed by atoms with van der Waals surface area (Å²) in [6.45, 7) is 7.79. The van der Waals surface area contributed by atoms with Crippen molar-refractivity contribution in [3.63, 3.8) is 0 Å². The lowest BCUT2D eigenvalue weighted by atomic mass is 10.0. The van der Waals surface area contributed by atoms with Crippen LogP contribution in [0.25, 0.3) is 0 Å². The van der Waals surface area contributed by atoms with Gasteiger partial charge >= 0.3 is 0 Å². The van der Waals surface area contributed by atoms with Crippen molar-refractivity contribution < 1.29 is 9.21 Å². The molecule has 0 bridgehead atoms. The van der Waals surface area contributed by atoms with Crippen molar-refractivity contribution in [2.24, 2.45) is 0 Å². The van der Waals surface area contributed by atoms with Crippen molar-refractivity contribution in [1.29, 1.82) is 0 Å². The Morgan fingerprint density at radius 2 is 1.85 bits per heavy atom.